The van der Waals surface area contributed by atoms with Crippen LogP contribution in [0.3, 0.4) is 0 Å². The Morgan fingerprint density at radius 3 is 2.46 bits per heavy atom. The van der Waals surface area contributed by atoms with Gasteiger partial charge in [-0.2, -0.15) is 13.2 Å². The van der Waals surface area contributed by atoms with Crippen LogP contribution in [-0.4, -0.2) is 41.8 Å². The quantitative estimate of drug-likeness (QED) is 0.453. The average molecular weight is 408 g/mol. The molecule has 0 saturated carbocycles. The Kier molecular flexibility index (Phi) is 7.10. The summed E-state index contributed by atoms with van der Waals surface area (Å²) in [5.41, 5.74) is -0.334. The van der Waals surface area contributed by atoms with E-state index in [0.29, 0.717) is 6.42 Å². The molecular formula is C18H23F3N2O5. The van der Waals surface area contributed by atoms with E-state index >= 15 is 0 Å². The van der Waals surface area contributed by atoms with Crippen molar-refractivity contribution >= 4 is 18.0 Å². The van der Waals surface area contributed by atoms with Gasteiger partial charge in [-0.05, 0) is 43.3 Å². The van der Waals surface area contributed by atoms with Crippen molar-refractivity contribution in [2.75, 3.05) is 6.54 Å². The molecule has 1 aromatic carbocycles. The predicted octanol–water partition coefficient (Wildman–Crippen LogP) is 3.13. The van der Waals surface area contributed by atoms with Crippen LogP contribution in [0.5, 0.6) is 5.75 Å². The van der Waals surface area contributed by atoms with E-state index in [1.54, 1.807) is 0 Å². The van der Waals surface area contributed by atoms with Crippen LogP contribution in [0.4, 0.5) is 18.0 Å². The number of carbonyl (C=O) groups excluding carboxylic acids is 2. The molecule has 1 rings (SSSR count). The Bertz CT molecular complexity index is 816. The molecule has 0 aromatic heterocycles. The number of amides is 2. The van der Waals surface area contributed by atoms with Gasteiger partial charge in [-0.25, -0.2) is 9.59 Å². The molecule has 0 heterocycles. The highest BCUT2D eigenvalue weighted by Crippen LogP contribution is 2.23. The van der Waals surface area contributed by atoms with Gasteiger partial charge in [0.05, 0.1) is 2.74 Å². The molecule has 28 heavy (non-hydrogen) atoms. The topological polar surface area (TPSA) is 105 Å². The molecular weight excluding hydrogens is 381 g/mol. The summed E-state index contributed by atoms with van der Waals surface area (Å²) in [4.78, 5) is 34.6. The van der Waals surface area contributed by atoms with Crippen LogP contribution in [0.25, 0.3) is 0 Å². The van der Waals surface area contributed by atoms with Crippen molar-refractivity contribution in [1.82, 2.24) is 10.6 Å². The van der Waals surface area contributed by atoms with Crippen molar-refractivity contribution < 1.29 is 40.1 Å². The molecule has 0 radical (unpaired) electrons. The molecule has 0 unspecified atom stereocenters. The highest BCUT2D eigenvalue weighted by atomic mass is 19.4. The number of esters is 1. The fraction of sp³-hybridized carbons (Fsp3) is 0.500. The monoisotopic (exact) mass is 408 g/mol. The molecule has 0 bridgehead atoms. The Labute approximate surface area is 163 Å². The van der Waals surface area contributed by atoms with E-state index in [2.05, 4.69) is 15.4 Å². The first kappa shape index (κ1) is 20.0. The van der Waals surface area contributed by atoms with E-state index in [1.165, 1.54) is 6.92 Å². The van der Waals surface area contributed by atoms with Crippen LogP contribution in [0.1, 0.15) is 45.9 Å². The Morgan fingerprint density at radius 2 is 1.93 bits per heavy atom. The van der Waals surface area contributed by atoms with Gasteiger partial charge in [0.25, 0.3) is 5.91 Å². The number of carbonyl (C=O) groups is 3. The number of rotatable bonds is 8. The fourth-order valence-electron chi connectivity index (χ4n) is 2.18. The second-order valence-electron chi connectivity index (χ2n) is 6.52. The van der Waals surface area contributed by atoms with Gasteiger partial charge in [0.2, 0.25) is 0 Å². The average Bonchev–Trinajstić information content (AvgIpc) is 2.56. The summed E-state index contributed by atoms with van der Waals surface area (Å²) in [5.74, 6) is -4.18. The Balaban J connectivity index is 3.37. The lowest BCUT2D eigenvalue weighted by atomic mass is 9.99. The number of ether oxygens (including phenoxy) is 1. The molecule has 1 aromatic rings. The van der Waals surface area contributed by atoms with E-state index in [9.17, 15) is 27.6 Å². The molecule has 0 aliphatic carbocycles. The Morgan fingerprint density at radius 1 is 1.29 bits per heavy atom. The number of nitrogens with one attached hydrogen (secondary N) is 2. The molecule has 7 nitrogen and oxygen atoms in total. The molecule has 0 aliphatic heterocycles. The third kappa shape index (κ3) is 7.85. The van der Waals surface area contributed by atoms with Crippen LogP contribution in [-0.2, 0) is 11.2 Å². The molecule has 0 aliphatic rings. The van der Waals surface area contributed by atoms with Gasteiger partial charge in [-0.3, -0.25) is 4.79 Å². The van der Waals surface area contributed by atoms with Crippen LogP contribution >= 0.6 is 0 Å². The van der Waals surface area contributed by atoms with Crippen LogP contribution < -0.4 is 15.4 Å². The second kappa shape index (κ2) is 9.95. The van der Waals surface area contributed by atoms with Gasteiger partial charge in [0, 0.05) is 18.2 Å². The maximum atomic E-state index is 12.6. The van der Waals surface area contributed by atoms with Crippen molar-refractivity contribution in [3.05, 3.63) is 29.3 Å². The minimum absolute atomic E-state index is 0.0557. The first-order valence-electron chi connectivity index (χ1n) is 9.43. The molecule has 1 atom stereocenters. The van der Waals surface area contributed by atoms with Crippen molar-refractivity contribution in [3.63, 3.8) is 0 Å². The summed E-state index contributed by atoms with van der Waals surface area (Å²) in [6.07, 6.45) is -6.21. The zero-order valence-electron chi connectivity index (χ0n) is 17.6. The zero-order chi connectivity index (χ0) is 23.2. The zero-order valence-corrected chi connectivity index (χ0v) is 15.6. The number of alkyl halides is 3. The van der Waals surface area contributed by atoms with Crippen molar-refractivity contribution in [2.24, 2.45) is 5.92 Å². The molecule has 0 saturated heterocycles. The molecule has 156 valence electrons. The predicted molar refractivity (Wildman–Crippen MR) is 94.2 cm³/mol. The molecule has 0 spiro atoms. The second-order valence-corrected chi connectivity index (χ2v) is 6.52. The van der Waals surface area contributed by atoms with Gasteiger partial charge in [0.1, 0.15) is 5.75 Å². The van der Waals surface area contributed by atoms with Crippen LogP contribution in [0.2, 0.25) is 0 Å². The Hall–Kier alpha value is -2.78. The van der Waals surface area contributed by atoms with Crippen LogP contribution in [0, 0.1) is 5.92 Å². The van der Waals surface area contributed by atoms with E-state index in [4.69, 9.17) is 7.85 Å². The molecule has 2 amide bonds. The lowest BCUT2D eigenvalue weighted by molar-refractivity contribution is -0.189. The van der Waals surface area contributed by atoms with Gasteiger partial charge in [-0.1, -0.05) is 19.9 Å². The number of hydrogen-bond acceptors (Lipinski definition) is 4. The fourth-order valence-corrected chi connectivity index (χ4v) is 2.18. The van der Waals surface area contributed by atoms with Crippen molar-refractivity contribution in [2.45, 2.75) is 45.8 Å². The molecule has 3 N–H and O–H groups in total. The number of carboxylic acid groups (broad SMARTS) is 1. The first-order valence-corrected chi connectivity index (χ1v) is 8.43. The van der Waals surface area contributed by atoms with E-state index in [0.717, 1.165) is 6.07 Å². The third-order valence-corrected chi connectivity index (χ3v) is 3.49. The maximum absolute atomic E-state index is 12.6. The van der Waals surface area contributed by atoms with E-state index in [-0.39, 0.29) is 24.4 Å². The number of hydrogen-bond donors (Lipinski definition) is 3. The van der Waals surface area contributed by atoms with Crippen LogP contribution in [0.15, 0.2) is 18.2 Å². The summed E-state index contributed by atoms with van der Waals surface area (Å²) in [6.45, 7) is 5.52. The van der Waals surface area contributed by atoms with Gasteiger partial charge in [0.15, 0.2) is 0 Å². The number of halogens is 3. The largest absolute Gasteiger partial charge is 0.491 e. The lowest BCUT2D eigenvalue weighted by Crippen LogP contribution is -2.34. The summed E-state index contributed by atoms with van der Waals surface area (Å²) in [6, 6.07) is -1.32. The minimum Gasteiger partial charge on any atom is -0.465 e. The minimum atomic E-state index is -5.35. The van der Waals surface area contributed by atoms with Gasteiger partial charge in [-0.15, -0.1) is 0 Å². The van der Waals surface area contributed by atoms with Gasteiger partial charge >= 0.3 is 18.2 Å². The summed E-state index contributed by atoms with van der Waals surface area (Å²) >= 11 is 0. The highest BCUT2D eigenvalue weighted by molar-refractivity contribution is 5.96. The van der Waals surface area contributed by atoms with Crippen molar-refractivity contribution in [3.8, 4) is 5.75 Å². The highest BCUT2D eigenvalue weighted by Gasteiger charge is 2.41. The molecule has 0 fully saturated rings. The van der Waals surface area contributed by atoms with E-state index < -0.39 is 53.6 Å². The standard InChI is InChI=1S/C18H23F3N2O5/c1-10(2)6-7-22-15(24)14-9-13(28-16(25)18(19,20)21)5-4-12(14)8-11(3)23-17(26)27/h4-5,9-11,23H,6-8H2,1-3H3,(H,22,24)(H,26,27)/t11-/m0/s1/i5T,9T. The van der Waals surface area contributed by atoms with Gasteiger partial charge < -0.3 is 20.5 Å². The van der Waals surface area contributed by atoms with E-state index in [1.807, 2.05) is 13.8 Å². The maximum Gasteiger partial charge on any atom is 0.491 e. The smallest absolute Gasteiger partial charge is 0.465 e. The summed E-state index contributed by atoms with van der Waals surface area (Å²) in [7, 11) is 0. The normalized spacial score (nSPS) is 13.4. The number of benzene rings is 1. The lowest BCUT2D eigenvalue weighted by Gasteiger charge is -2.16. The summed E-state index contributed by atoms with van der Waals surface area (Å²) < 4.78 is 57.7. The molecule has 10 heteroatoms. The third-order valence-electron chi connectivity index (χ3n) is 3.49. The SMILES string of the molecule is [3H]c1cc(C[C@H](C)NC(=O)O)c(C(=O)NCCC(C)C)c([3H])c1OC(=O)C(F)(F)F. The van der Waals surface area contributed by atoms with Crippen molar-refractivity contribution in [1.29, 1.82) is 0 Å². The first-order chi connectivity index (χ1) is 13.7. The summed E-state index contributed by atoms with van der Waals surface area (Å²) in [5, 5.41) is 13.5.